The lowest BCUT2D eigenvalue weighted by Crippen LogP contribution is -2.13. The van der Waals surface area contributed by atoms with Gasteiger partial charge in [-0.1, -0.05) is 30.3 Å². The molecule has 0 spiro atoms. The van der Waals surface area contributed by atoms with E-state index in [1.54, 1.807) is 4.57 Å². The molecule has 1 heterocycles. The van der Waals surface area contributed by atoms with Crippen molar-refractivity contribution in [2.75, 3.05) is 6.26 Å². The molecule has 0 saturated carbocycles. The second-order valence-corrected chi connectivity index (χ2v) is 6.50. The Morgan fingerprint density at radius 2 is 1.95 bits per heavy atom. The maximum Gasteiger partial charge on any atom is 0.227 e. The van der Waals surface area contributed by atoms with Crippen LogP contribution in [0.15, 0.2) is 41.7 Å². The summed E-state index contributed by atoms with van der Waals surface area (Å²) in [6.45, 7) is 0.550. The Kier molecular flexibility index (Phi) is 4.27. The number of imidazole rings is 1. The van der Waals surface area contributed by atoms with Crippen molar-refractivity contribution < 1.29 is 8.42 Å². The van der Waals surface area contributed by atoms with Crippen molar-refractivity contribution in [3.8, 4) is 0 Å². The predicted octanol–water partition coefficient (Wildman–Crippen LogP) is 2.27. The summed E-state index contributed by atoms with van der Waals surface area (Å²) in [7, 11) is -3.33. The number of hydrogen-bond donors (Lipinski definition) is 0. The number of nitrogens with zero attached hydrogens (tertiary/aromatic N) is 2. The zero-order valence-corrected chi connectivity index (χ0v) is 12.2. The zero-order chi connectivity index (χ0) is 13.9. The highest BCUT2D eigenvalue weighted by atomic mass is 35.5. The van der Waals surface area contributed by atoms with E-state index in [1.165, 1.54) is 6.20 Å². The van der Waals surface area contributed by atoms with Crippen LogP contribution in [0.5, 0.6) is 0 Å². The highest BCUT2D eigenvalue weighted by Gasteiger charge is 2.18. The summed E-state index contributed by atoms with van der Waals surface area (Å²) in [5, 5.41) is 0.0825. The average molecular weight is 299 g/mol. The molecule has 0 saturated heterocycles. The molecule has 0 atom stereocenters. The smallest absolute Gasteiger partial charge is 0.227 e. The zero-order valence-electron chi connectivity index (χ0n) is 10.6. The van der Waals surface area contributed by atoms with Gasteiger partial charge in [-0.3, -0.25) is 0 Å². The lowest BCUT2D eigenvalue weighted by molar-refractivity contribution is 0.559. The van der Waals surface area contributed by atoms with E-state index in [4.69, 9.17) is 11.6 Å². The first-order valence-corrected chi connectivity index (χ1v) is 8.29. The fourth-order valence-corrected chi connectivity index (χ4v) is 2.99. The Morgan fingerprint density at radius 1 is 1.26 bits per heavy atom. The van der Waals surface area contributed by atoms with Crippen LogP contribution in [0.1, 0.15) is 11.3 Å². The first-order chi connectivity index (χ1) is 9.02. The summed E-state index contributed by atoms with van der Waals surface area (Å²) in [5.41, 5.74) is 1.87. The Labute approximate surface area is 118 Å². The predicted molar refractivity (Wildman–Crippen MR) is 75.0 cm³/mol. The van der Waals surface area contributed by atoms with Crippen molar-refractivity contribution in [1.29, 1.82) is 0 Å². The van der Waals surface area contributed by atoms with Gasteiger partial charge in [0.25, 0.3) is 0 Å². The van der Waals surface area contributed by atoms with Crippen LogP contribution in [0.4, 0.5) is 0 Å². The number of benzene rings is 1. The van der Waals surface area contributed by atoms with Gasteiger partial charge >= 0.3 is 0 Å². The summed E-state index contributed by atoms with van der Waals surface area (Å²) in [4.78, 5) is 3.96. The van der Waals surface area contributed by atoms with Crippen molar-refractivity contribution in [1.82, 2.24) is 9.55 Å². The normalized spacial score (nSPS) is 11.7. The molecule has 102 valence electrons. The fraction of sp³-hybridized carbons (Fsp3) is 0.308. The van der Waals surface area contributed by atoms with Crippen LogP contribution in [0.3, 0.4) is 0 Å². The summed E-state index contributed by atoms with van der Waals surface area (Å²) >= 11 is 5.82. The third kappa shape index (κ3) is 3.36. The molecule has 0 N–H and O–H groups in total. The van der Waals surface area contributed by atoms with Crippen molar-refractivity contribution >= 4 is 21.4 Å². The molecule has 1 aromatic carbocycles. The van der Waals surface area contributed by atoms with E-state index >= 15 is 0 Å². The van der Waals surface area contributed by atoms with Crippen LogP contribution < -0.4 is 0 Å². The molecule has 6 heteroatoms. The van der Waals surface area contributed by atoms with Gasteiger partial charge in [-0.2, -0.15) is 0 Å². The first kappa shape index (κ1) is 14.1. The maximum absolute atomic E-state index is 11.7. The molecule has 0 aliphatic rings. The Balaban J connectivity index is 2.26. The van der Waals surface area contributed by atoms with Gasteiger partial charge in [0.15, 0.2) is 0 Å². The highest BCUT2D eigenvalue weighted by Crippen LogP contribution is 2.14. The van der Waals surface area contributed by atoms with Crippen LogP contribution in [0.25, 0.3) is 0 Å². The SMILES string of the molecule is CS(=O)(=O)c1ncc(CCl)n1CCc1ccccc1. The van der Waals surface area contributed by atoms with Gasteiger partial charge in [0.2, 0.25) is 15.0 Å². The fourth-order valence-electron chi connectivity index (χ4n) is 1.92. The summed E-state index contributed by atoms with van der Waals surface area (Å²) in [6, 6.07) is 9.90. The van der Waals surface area contributed by atoms with Crippen molar-refractivity contribution in [3.63, 3.8) is 0 Å². The topological polar surface area (TPSA) is 52.0 Å². The number of aromatic nitrogens is 2. The maximum atomic E-state index is 11.7. The molecule has 2 aromatic rings. The third-order valence-electron chi connectivity index (χ3n) is 2.84. The molecule has 4 nitrogen and oxygen atoms in total. The van der Waals surface area contributed by atoms with Crippen molar-refractivity contribution in [2.24, 2.45) is 0 Å². The second-order valence-electron chi connectivity index (χ2n) is 4.33. The molecule has 1 aromatic heterocycles. The molecule has 0 radical (unpaired) electrons. The van der Waals surface area contributed by atoms with Crippen LogP contribution in [0.2, 0.25) is 0 Å². The molecule has 19 heavy (non-hydrogen) atoms. The molecule has 0 amide bonds. The number of halogens is 1. The molecular formula is C13H15ClN2O2S. The highest BCUT2D eigenvalue weighted by molar-refractivity contribution is 7.90. The Hall–Kier alpha value is -1.33. The lowest BCUT2D eigenvalue weighted by atomic mass is 10.1. The first-order valence-electron chi connectivity index (χ1n) is 5.86. The monoisotopic (exact) mass is 298 g/mol. The van der Waals surface area contributed by atoms with Crippen LogP contribution in [-0.2, 0) is 28.7 Å². The van der Waals surface area contributed by atoms with Crippen LogP contribution in [-0.4, -0.2) is 24.2 Å². The molecule has 0 aliphatic carbocycles. The molecule has 0 unspecified atom stereocenters. The van der Waals surface area contributed by atoms with E-state index in [-0.39, 0.29) is 11.0 Å². The molecule has 0 bridgehead atoms. The van der Waals surface area contributed by atoms with E-state index in [0.29, 0.717) is 6.54 Å². The minimum absolute atomic E-state index is 0.0825. The van der Waals surface area contributed by atoms with Gasteiger partial charge in [0.05, 0.1) is 17.8 Å². The van der Waals surface area contributed by atoms with Gasteiger partial charge in [-0.05, 0) is 12.0 Å². The van der Waals surface area contributed by atoms with E-state index in [2.05, 4.69) is 4.98 Å². The van der Waals surface area contributed by atoms with Crippen LogP contribution in [0, 0.1) is 0 Å². The number of alkyl halides is 1. The third-order valence-corrected chi connectivity index (χ3v) is 4.10. The van der Waals surface area contributed by atoms with Crippen LogP contribution >= 0.6 is 11.6 Å². The van der Waals surface area contributed by atoms with Gasteiger partial charge in [-0.25, -0.2) is 13.4 Å². The molecule has 0 aliphatic heterocycles. The largest absolute Gasteiger partial charge is 0.318 e. The minimum Gasteiger partial charge on any atom is -0.318 e. The number of hydrogen-bond acceptors (Lipinski definition) is 3. The number of rotatable bonds is 5. The standard InChI is InChI=1S/C13H15ClN2O2S/c1-19(17,18)13-15-10-12(9-14)16(13)8-7-11-5-3-2-4-6-11/h2-6,10H,7-9H2,1H3. The second kappa shape index (κ2) is 5.75. The van der Waals surface area contributed by atoms with Gasteiger partial charge in [0.1, 0.15) is 0 Å². The quantitative estimate of drug-likeness (QED) is 0.796. The summed E-state index contributed by atoms with van der Waals surface area (Å²) < 4.78 is 25.0. The van der Waals surface area contributed by atoms with Gasteiger partial charge in [0, 0.05) is 12.8 Å². The molecule has 2 rings (SSSR count). The molecular weight excluding hydrogens is 284 g/mol. The summed E-state index contributed by atoms with van der Waals surface area (Å²) in [6.07, 6.45) is 3.42. The van der Waals surface area contributed by atoms with E-state index in [1.807, 2.05) is 30.3 Å². The average Bonchev–Trinajstić information content (AvgIpc) is 2.80. The Bertz CT molecular complexity index is 651. The number of sulfone groups is 1. The van der Waals surface area contributed by atoms with Gasteiger partial charge < -0.3 is 4.57 Å². The van der Waals surface area contributed by atoms with E-state index < -0.39 is 9.84 Å². The van der Waals surface area contributed by atoms with E-state index in [9.17, 15) is 8.42 Å². The molecule has 0 fully saturated rings. The lowest BCUT2D eigenvalue weighted by Gasteiger charge is -2.09. The summed E-state index contributed by atoms with van der Waals surface area (Å²) in [5.74, 6) is 0.247. The Morgan fingerprint density at radius 3 is 2.53 bits per heavy atom. The van der Waals surface area contributed by atoms with Gasteiger partial charge in [-0.15, -0.1) is 11.6 Å². The van der Waals surface area contributed by atoms with Crippen molar-refractivity contribution in [3.05, 3.63) is 47.8 Å². The van der Waals surface area contributed by atoms with Crippen molar-refractivity contribution in [2.45, 2.75) is 24.0 Å². The number of aryl methyl sites for hydroxylation is 1. The van der Waals surface area contributed by atoms with E-state index in [0.717, 1.165) is 23.9 Å². The minimum atomic E-state index is -3.33.